The van der Waals surface area contributed by atoms with Crippen LogP contribution in [0.1, 0.15) is 34.5 Å². The van der Waals surface area contributed by atoms with Gasteiger partial charge in [-0.2, -0.15) is 0 Å². The van der Waals surface area contributed by atoms with Gasteiger partial charge in [0.2, 0.25) is 0 Å². The summed E-state index contributed by atoms with van der Waals surface area (Å²) in [6.07, 6.45) is 2.00. The molecular weight excluding hydrogens is 334 g/mol. The second kappa shape index (κ2) is 7.57. The molecule has 4 heteroatoms. The predicted molar refractivity (Wildman–Crippen MR) is 110 cm³/mol. The van der Waals surface area contributed by atoms with Crippen molar-refractivity contribution in [3.8, 4) is 0 Å². The molecule has 1 saturated heterocycles. The lowest BCUT2D eigenvalue weighted by molar-refractivity contribution is 0.0901. The van der Waals surface area contributed by atoms with Crippen LogP contribution in [-0.4, -0.2) is 34.5 Å². The summed E-state index contributed by atoms with van der Waals surface area (Å²) in [5, 5.41) is 4.35. The van der Waals surface area contributed by atoms with Gasteiger partial charge in [0.05, 0.1) is 0 Å². The van der Waals surface area contributed by atoms with Crippen molar-refractivity contribution in [2.75, 3.05) is 13.1 Å². The van der Waals surface area contributed by atoms with E-state index in [0.717, 1.165) is 49.1 Å². The molecule has 0 saturated carbocycles. The normalized spacial score (nSPS) is 15.9. The number of para-hydroxylation sites is 1. The molecule has 2 heterocycles. The Morgan fingerprint density at radius 3 is 2.59 bits per heavy atom. The maximum Gasteiger partial charge on any atom is 0.268 e. The quantitative estimate of drug-likeness (QED) is 0.766. The van der Waals surface area contributed by atoms with Gasteiger partial charge in [0.1, 0.15) is 5.69 Å². The summed E-state index contributed by atoms with van der Waals surface area (Å²) >= 11 is 0. The molecule has 0 bridgehead atoms. The first kappa shape index (κ1) is 17.8. The van der Waals surface area contributed by atoms with Crippen molar-refractivity contribution < 1.29 is 4.79 Å². The zero-order valence-corrected chi connectivity index (χ0v) is 16.1. The maximum absolute atomic E-state index is 12.8. The second-order valence-electron chi connectivity index (χ2n) is 7.66. The lowest BCUT2D eigenvalue weighted by Crippen LogP contribution is -2.44. The van der Waals surface area contributed by atoms with Gasteiger partial charge in [-0.3, -0.25) is 9.69 Å². The summed E-state index contributed by atoms with van der Waals surface area (Å²) in [7, 11) is 1.96. The van der Waals surface area contributed by atoms with Crippen molar-refractivity contribution >= 4 is 16.8 Å². The van der Waals surface area contributed by atoms with Gasteiger partial charge in [-0.1, -0.05) is 48.0 Å². The third-order valence-corrected chi connectivity index (χ3v) is 5.60. The van der Waals surface area contributed by atoms with E-state index in [1.165, 1.54) is 11.1 Å². The number of nitrogens with one attached hydrogen (secondary N) is 1. The largest absolute Gasteiger partial charge is 0.348 e. The highest BCUT2D eigenvalue weighted by Gasteiger charge is 2.22. The Morgan fingerprint density at radius 1 is 1.07 bits per heavy atom. The summed E-state index contributed by atoms with van der Waals surface area (Å²) in [4.78, 5) is 15.2. The molecule has 3 aromatic rings. The topological polar surface area (TPSA) is 37.3 Å². The van der Waals surface area contributed by atoms with Gasteiger partial charge in [-0.25, -0.2) is 0 Å². The number of likely N-dealkylation sites (tertiary alicyclic amines) is 1. The number of aromatic nitrogens is 1. The Hall–Kier alpha value is -2.59. The lowest BCUT2D eigenvalue weighted by atomic mass is 10.0. The van der Waals surface area contributed by atoms with Gasteiger partial charge in [0.25, 0.3) is 5.91 Å². The number of rotatable bonds is 4. The Balaban J connectivity index is 1.34. The number of carbonyl (C=O) groups is 1. The molecule has 4 nitrogen and oxygen atoms in total. The highest BCUT2D eigenvalue weighted by molar-refractivity contribution is 5.98. The van der Waals surface area contributed by atoms with Gasteiger partial charge >= 0.3 is 0 Å². The van der Waals surface area contributed by atoms with Crippen LogP contribution in [0.15, 0.2) is 54.6 Å². The van der Waals surface area contributed by atoms with Crippen LogP contribution in [0.3, 0.4) is 0 Å². The number of piperidine rings is 1. The van der Waals surface area contributed by atoms with E-state index in [1.807, 2.05) is 29.8 Å². The molecule has 27 heavy (non-hydrogen) atoms. The number of carbonyl (C=O) groups excluding carboxylic acids is 1. The molecule has 0 atom stereocenters. The minimum Gasteiger partial charge on any atom is -0.348 e. The van der Waals surface area contributed by atoms with Crippen molar-refractivity contribution in [1.82, 2.24) is 14.8 Å². The van der Waals surface area contributed by atoms with Crippen LogP contribution in [0, 0.1) is 6.92 Å². The molecule has 1 aromatic heterocycles. The molecular formula is C23H27N3O. The third-order valence-electron chi connectivity index (χ3n) is 5.60. The van der Waals surface area contributed by atoms with Crippen LogP contribution in [-0.2, 0) is 13.6 Å². The SMILES string of the molecule is Cc1cccc(CN2CCC(NC(=O)c3cc4ccccc4n3C)CC2)c1. The summed E-state index contributed by atoms with van der Waals surface area (Å²) in [6, 6.07) is 19.1. The first-order valence-corrected chi connectivity index (χ1v) is 9.73. The first-order valence-electron chi connectivity index (χ1n) is 9.73. The maximum atomic E-state index is 12.8. The molecule has 0 aliphatic carbocycles. The van der Waals surface area contributed by atoms with E-state index in [-0.39, 0.29) is 11.9 Å². The molecule has 1 aliphatic heterocycles. The highest BCUT2D eigenvalue weighted by Crippen LogP contribution is 2.19. The minimum absolute atomic E-state index is 0.0332. The van der Waals surface area contributed by atoms with Crippen LogP contribution >= 0.6 is 0 Å². The fraction of sp³-hybridized carbons (Fsp3) is 0.348. The van der Waals surface area contributed by atoms with E-state index < -0.39 is 0 Å². The van der Waals surface area contributed by atoms with Crippen molar-refractivity contribution in [3.63, 3.8) is 0 Å². The molecule has 2 aromatic carbocycles. The van der Waals surface area contributed by atoms with Gasteiger partial charge in [-0.05, 0) is 37.5 Å². The van der Waals surface area contributed by atoms with E-state index in [0.29, 0.717) is 0 Å². The Bertz CT molecular complexity index is 951. The van der Waals surface area contributed by atoms with Crippen LogP contribution < -0.4 is 5.32 Å². The fourth-order valence-corrected chi connectivity index (χ4v) is 4.07. The molecule has 0 unspecified atom stereocenters. The first-order chi connectivity index (χ1) is 13.1. The van der Waals surface area contributed by atoms with Crippen LogP contribution in [0.4, 0.5) is 0 Å². The van der Waals surface area contributed by atoms with E-state index in [4.69, 9.17) is 0 Å². The Morgan fingerprint density at radius 2 is 1.85 bits per heavy atom. The molecule has 1 N–H and O–H groups in total. The summed E-state index contributed by atoms with van der Waals surface area (Å²) in [6.45, 7) is 5.17. The number of hydrogen-bond acceptors (Lipinski definition) is 2. The van der Waals surface area contributed by atoms with Gasteiger partial charge in [0.15, 0.2) is 0 Å². The zero-order valence-electron chi connectivity index (χ0n) is 16.1. The fourth-order valence-electron chi connectivity index (χ4n) is 4.07. The van der Waals surface area contributed by atoms with E-state index in [2.05, 4.69) is 53.5 Å². The molecule has 1 fully saturated rings. The Labute approximate surface area is 160 Å². The van der Waals surface area contributed by atoms with Crippen molar-refractivity contribution in [2.24, 2.45) is 7.05 Å². The monoisotopic (exact) mass is 361 g/mol. The van der Waals surface area contributed by atoms with Crippen molar-refractivity contribution in [2.45, 2.75) is 32.4 Å². The number of fused-ring (bicyclic) bond motifs is 1. The lowest BCUT2D eigenvalue weighted by Gasteiger charge is -2.32. The summed E-state index contributed by atoms with van der Waals surface area (Å²) in [5.41, 5.74) is 4.51. The van der Waals surface area contributed by atoms with Crippen molar-refractivity contribution in [1.29, 1.82) is 0 Å². The number of benzene rings is 2. The van der Waals surface area contributed by atoms with E-state index in [9.17, 15) is 4.79 Å². The van der Waals surface area contributed by atoms with Gasteiger partial charge in [-0.15, -0.1) is 0 Å². The third kappa shape index (κ3) is 3.91. The molecule has 1 aliphatic rings. The number of amides is 1. The summed E-state index contributed by atoms with van der Waals surface area (Å²) in [5.74, 6) is 0.0332. The Kier molecular flexibility index (Phi) is 4.99. The standard InChI is InChI=1S/C23H27N3O/c1-17-6-5-7-18(14-17)16-26-12-10-20(11-13-26)24-23(27)22-15-19-8-3-4-9-21(19)25(22)2/h3-9,14-15,20H,10-13,16H2,1-2H3,(H,24,27). The number of nitrogens with zero attached hydrogens (tertiary/aromatic N) is 2. The van der Waals surface area contributed by atoms with Gasteiger partial charge in [0, 0.05) is 43.6 Å². The molecule has 4 rings (SSSR count). The molecule has 140 valence electrons. The summed E-state index contributed by atoms with van der Waals surface area (Å²) < 4.78 is 1.98. The van der Waals surface area contributed by atoms with E-state index >= 15 is 0 Å². The highest BCUT2D eigenvalue weighted by atomic mass is 16.2. The molecule has 0 radical (unpaired) electrons. The van der Waals surface area contributed by atoms with Crippen molar-refractivity contribution in [3.05, 3.63) is 71.4 Å². The number of hydrogen-bond donors (Lipinski definition) is 1. The minimum atomic E-state index is 0.0332. The molecule has 0 spiro atoms. The average Bonchev–Trinajstić information content (AvgIpc) is 3.01. The second-order valence-corrected chi connectivity index (χ2v) is 7.66. The smallest absolute Gasteiger partial charge is 0.268 e. The van der Waals surface area contributed by atoms with Crippen LogP contribution in [0.5, 0.6) is 0 Å². The van der Waals surface area contributed by atoms with E-state index in [1.54, 1.807) is 0 Å². The van der Waals surface area contributed by atoms with Gasteiger partial charge < -0.3 is 9.88 Å². The average molecular weight is 361 g/mol. The zero-order chi connectivity index (χ0) is 18.8. The number of aryl methyl sites for hydroxylation is 2. The molecule has 1 amide bonds. The van der Waals surface area contributed by atoms with Crippen LogP contribution in [0.2, 0.25) is 0 Å². The predicted octanol–water partition coefficient (Wildman–Crippen LogP) is 3.88. The van der Waals surface area contributed by atoms with Crippen LogP contribution in [0.25, 0.3) is 10.9 Å².